The first-order chi connectivity index (χ1) is 8.83. The van der Waals surface area contributed by atoms with Gasteiger partial charge in [-0.05, 0) is 20.8 Å². The van der Waals surface area contributed by atoms with E-state index in [2.05, 4.69) is 10.2 Å². The molecule has 0 bridgehead atoms. The fraction of sp³-hybridized carbons (Fsp3) is 0.583. The molecule has 7 heteroatoms. The Morgan fingerprint density at radius 1 is 1.47 bits per heavy atom. The highest BCUT2D eigenvalue weighted by molar-refractivity contribution is 5.84. The number of nitrogens with zero attached hydrogens (tertiary/aromatic N) is 2. The lowest BCUT2D eigenvalue weighted by molar-refractivity contribution is -0.146. The van der Waals surface area contributed by atoms with Gasteiger partial charge in [-0.15, -0.1) is 0 Å². The number of carbonyl (C=O) groups excluding carboxylic acids is 2. The zero-order valence-corrected chi connectivity index (χ0v) is 11.4. The molecule has 1 aromatic rings. The van der Waals surface area contributed by atoms with Crippen LogP contribution in [-0.2, 0) is 20.8 Å². The second-order valence-corrected chi connectivity index (χ2v) is 5.32. The molecule has 1 aliphatic rings. The average molecular weight is 267 g/mol. The number of aromatic amines is 1. The first-order valence-corrected chi connectivity index (χ1v) is 5.93. The Morgan fingerprint density at radius 2 is 2.16 bits per heavy atom. The second-order valence-electron chi connectivity index (χ2n) is 5.32. The van der Waals surface area contributed by atoms with Crippen LogP contribution in [0.5, 0.6) is 0 Å². The number of hydrogen-bond acceptors (Lipinski definition) is 5. The number of fused-ring (bicyclic) bond motifs is 1. The number of rotatable bonds is 1. The van der Waals surface area contributed by atoms with Crippen LogP contribution < -0.4 is 0 Å². The van der Waals surface area contributed by atoms with Crippen molar-refractivity contribution in [3.63, 3.8) is 0 Å². The number of ether oxygens (including phenoxy) is 2. The van der Waals surface area contributed by atoms with Gasteiger partial charge >= 0.3 is 12.1 Å². The van der Waals surface area contributed by atoms with Crippen molar-refractivity contribution in [3.8, 4) is 0 Å². The van der Waals surface area contributed by atoms with E-state index in [1.807, 2.05) is 0 Å². The maximum atomic E-state index is 12.1. The summed E-state index contributed by atoms with van der Waals surface area (Å²) in [6.45, 7) is 5.54. The lowest BCUT2D eigenvalue weighted by atomic mass is 10.1. The molecular weight excluding hydrogens is 250 g/mol. The number of nitrogens with one attached hydrogen (secondary N) is 1. The Labute approximate surface area is 110 Å². The van der Waals surface area contributed by atoms with E-state index in [0.717, 1.165) is 0 Å². The van der Waals surface area contributed by atoms with Gasteiger partial charge in [0.1, 0.15) is 5.60 Å². The van der Waals surface area contributed by atoms with Crippen molar-refractivity contribution >= 4 is 12.1 Å². The summed E-state index contributed by atoms with van der Waals surface area (Å²) in [6.07, 6.45) is 1.04. The SMILES string of the molecule is COC(=O)[C@@H]1c2c[nH]nc2CN1C(=O)OC(C)(C)C. The highest BCUT2D eigenvalue weighted by Crippen LogP contribution is 2.34. The quantitative estimate of drug-likeness (QED) is 0.777. The first kappa shape index (κ1) is 13.4. The Kier molecular flexibility index (Phi) is 3.21. The van der Waals surface area contributed by atoms with Crippen molar-refractivity contribution in [2.45, 2.75) is 39.0 Å². The molecule has 19 heavy (non-hydrogen) atoms. The van der Waals surface area contributed by atoms with Crippen LogP contribution >= 0.6 is 0 Å². The number of esters is 1. The van der Waals surface area contributed by atoms with Gasteiger partial charge in [-0.25, -0.2) is 9.59 Å². The van der Waals surface area contributed by atoms with Crippen molar-refractivity contribution in [2.75, 3.05) is 7.11 Å². The Balaban J connectivity index is 2.24. The Hall–Kier alpha value is -2.05. The third kappa shape index (κ3) is 2.54. The van der Waals surface area contributed by atoms with Crippen LogP contribution in [-0.4, -0.2) is 39.9 Å². The van der Waals surface area contributed by atoms with Crippen molar-refractivity contribution in [3.05, 3.63) is 17.5 Å². The van der Waals surface area contributed by atoms with Gasteiger partial charge in [-0.1, -0.05) is 0 Å². The summed E-state index contributed by atoms with van der Waals surface area (Å²) in [5.41, 5.74) is 0.683. The molecule has 0 aromatic carbocycles. The number of methoxy groups -OCH3 is 1. The molecule has 0 saturated heterocycles. The molecule has 2 rings (SSSR count). The van der Waals surface area contributed by atoms with Gasteiger partial charge in [-0.2, -0.15) is 5.10 Å². The highest BCUT2D eigenvalue weighted by atomic mass is 16.6. The molecular formula is C12H17N3O4. The summed E-state index contributed by atoms with van der Waals surface area (Å²) in [7, 11) is 1.29. The normalized spacial score (nSPS) is 18.1. The fourth-order valence-corrected chi connectivity index (χ4v) is 1.97. The third-order valence-electron chi connectivity index (χ3n) is 2.73. The molecule has 1 N–H and O–H groups in total. The van der Waals surface area contributed by atoms with E-state index in [0.29, 0.717) is 11.3 Å². The van der Waals surface area contributed by atoms with Gasteiger partial charge in [0.2, 0.25) is 0 Å². The van der Waals surface area contributed by atoms with E-state index in [4.69, 9.17) is 9.47 Å². The van der Waals surface area contributed by atoms with Crippen molar-refractivity contribution < 1.29 is 19.1 Å². The van der Waals surface area contributed by atoms with Crippen molar-refractivity contribution in [1.29, 1.82) is 0 Å². The zero-order valence-electron chi connectivity index (χ0n) is 11.4. The minimum absolute atomic E-state index is 0.230. The van der Waals surface area contributed by atoms with Gasteiger partial charge in [0.25, 0.3) is 0 Å². The van der Waals surface area contributed by atoms with Gasteiger partial charge in [0.15, 0.2) is 6.04 Å². The topological polar surface area (TPSA) is 84.5 Å². The smallest absolute Gasteiger partial charge is 0.411 e. The third-order valence-corrected chi connectivity index (χ3v) is 2.73. The zero-order chi connectivity index (χ0) is 14.2. The molecule has 7 nitrogen and oxygen atoms in total. The summed E-state index contributed by atoms with van der Waals surface area (Å²) in [5.74, 6) is -0.508. The van der Waals surface area contributed by atoms with Gasteiger partial charge in [0, 0.05) is 11.8 Å². The maximum Gasteiger partial charge on any atom is 0.411 e. The molecule has 0 spiro atoms. The molecule has 0 aliphatic carbocycles. The first-order valence-electron chi connectivity index (χ1n) is 5.93. The van der Waals surface area contributed by atoms with E-state index in [1.54, 1.807) is 27.0 Å². The van der Waals surface area contributed by atoms with E-state index in [9.17, 15) is 9.59 Å². The molecule has 0 unspecified atom stereocenters. The summed E-state index contributed by atoms with van der Waals surface area (Å²) in [6, 6.07) is -0.798. The van der Waals surface area contributed by atoms with Gasteiger partial charge in [-0.3, -0.25) is 10.00 Å². The summed E-state index contributed by atoms with van der Waals surface area (Å²) in [4.78, 5) is 25.3. The fourth-order valence-electron chi connectivity index (χ4n) is 1.97. The highest BCUT2D eigenvalue weighted by Gasteiger charge is 2.42. The number of hydrogen-bond donors (Lipinski definition) is 1. The molecule has 1 atom stereocenters. The van der Waals surface area contributed by atoms with E-state index >= 15 is 0 Å². The predicted molar refractivity (Wildman–Crippen MR) is 65.1 cm³/mol. The van der Waals surface area contributed by atoms with E-state index < -0.39 is 23.7 Å². The van der Waals surface area contributed by atoms with Crippen LogP contribution in [0.2, 0.25) is 0 Å². The maximum absolute atomic E-state index is 12.1. The number of aromatic nitrogens is 2. The Morgan fingerprint density at radius 3 is 2.74 bits per heavy atom. The molecule has 1 aromatic heterocycles. The summed E-state index contributed by atoms with van der Waals surface area (Å²) in [5, 5.41) is 6.69. The number of amides is 1. The molecule has 0 fully saturated rings. The molecule has 1 aliphatic heterocycles. The summed E-state index contributed by atoms with van der Waals surface area (Å²) < 4.78 is 10.0. The molecule has 2 heterocycles. The van der Waals surface area contributed by atoms with Crippen molar-refractivity contribution in [2.24, 2.45) is 0 Å². The average Bonchev–Trinajstić information content (AvgIpc) is 2.84. The van der Waals surface area contributed by atoms with E-state index in [1.165, 1.54) is 12.0 Å². The molecule has 0 radical (unpaired) electrons. The van der Waals surface area contributed by atoms with Crippen molar-refractivity contribution in [1.82, 2.24) is 15.1 Å². The van der Waals surface area contributed by atoms with Crippen LogP contribution in [0.3, 0.4) is 0 Å². The monoisotopic (exact) mass is 267 g/mol. The second kappa shape index (κ2) is 4.56. The molecule has 0 saturated carbocycles. The number of H-pyrrole nitrogens is 1. The number of carbonyl (C=O) groups is 2. The van der Waals surface area contributed by atoms with E-state index in [-0.39, 0.29) is 6.54 Å². The van der Waals surface area contributed by atoms with Crippen LogP contribution in [0, 0.1) is 0 Å². The van der Waals surface area contributed by atoms with Gasteiger partial charge in [0.05, 0.1) is 19.3 Å². The lowest BCUT2D eigenvalue weighted by Crippen LogP contribution is -2.38. The molecule has 1 amide bonds. The molecule has 104 valence electrons. The predicted octanol–water partition coefficient (Wildman–Crippen LogP) is 1.37. The van der Waals surface area contributed by atoms with Crippen LogP contribution in [0.25, 0.3) is 0 Å². The van der Waals surface area contributed by atoms with Crippen LogP contribution in [0.1, 0.15) is 38.1 Å². The lowest BCUT2D eigenvalue weighted by Gasteiger charge is -2.27. The summed E-state index contributed by atoms with van der Waals surface area (Å²) >= 11 is 0. The van der Waals surface area contributed by atoms with Crippen LogP contribution in [0.15, 0.2) is 6.20 Å². The van der Waals surface area contributed by atoms with Gasteiger partial charge < -0.3 is 9.47 Å². The van der Waals surface area contributed by atoms with Crippen LogP contribution in [0.4, 0.5) is 4.79 Å². The standard InChI is InChI=1S/C12H17N3O4/c1-12(2,3)19-11(17)15-6-8-7(5-13-14-8)9(15)10(16)18-4/h5,9H,6H2,1-4H3,(H,13,14)/t9-/m0/s1. The minimum atomic E-state index is -0.798. The minimum Gasteiger partial charge on any atom is -0.467 e. The largest absolute Gasteiger partial charge is 0.467 e. The Bertz CT molecular complexity index is 503.